The second-order valence-corrected chi connectivity index (χ2v) is 5.20. The van der Waals surface area contributed by atoms with Gasteiger partial charge >= 0.3 is 0 Å². The molecule has 0 aliphatic heterocycles. The molecule has 2 aromatic rings. The Morgan fingerprint density at radius 1 is 1.25 bits per heavy atom. The summed E-state index contributed by atoms with van der Waals surface area (Å²) >= 11 is 9.01. The molecule has 0 atom stereocenters. The van der Waals surface area contributed by atoms with Crippen molar-refractivity contribution in [1.29, 1.82) is 0 Å². The molecule has 1 amide bonds. The molecular weight excluding hydrogens is 354 g/mol. The van der Waals surface area contributed by atoms with Crippen molar-refractivity contribution in [1.82, 2.24) is 0 Å². The summed E-state index contributed by atoms with van der Waals surface area (Å²) in [6, 6.07) is 6.22. The number of carbonyl (C=O) groups excluding carboxylic acids is 1. The maximum absolute atomic E-state index is 13.7. The lowest BCUT2D eigenvalue weighted by Crippen LogP contribution is -2.15. The Morgan fingerprint density at radius 2 is 1.95 bits per heavy atom. The predicted octanol–water partition coefficient (Wildman–Crippen LogP) is 4.22. The van der Waals surface area contributed by atoms with Gasteiger partial charge in [0.2, 0.25) is 0 Å². The van der Waals surface area contributed by atoms with E-state index in [-0.39, 0.29) is 0 Å². The third-order valence-electron chi connectivity index (χ3n) is 2.49. The van der Waals surface area contributed by atoms with E-state index in [9.17, 15) is 13.6 Å². The highest BCUT2D eigenvalue weighted by atomic mass is 79.9. The van der Waals surface area contributed by atoms with Gasteiger partial charge in [0.05, 0.1) is 16.3 Å². The summed E-state index contributed by atoms with van der Waals surface area (Å²) in [4.78, 5) is 11.9. The van der Waals surface area contributed by atoms with Crippen LogP contribution in [0.1, 0.15) is 10.4 Å². The van der Waals surface area contributed by atoms with E-state index in [4.69, 9.17) is 17.3 Å². The van der Waals surface area contributed by atoms with Gasteiger partial charge in [-0.3, -0.25) is 4.79 Å². The number of nitrogens with one attached hydrogen (secondary N) is 1. The van der Waals surface area contributed by atoms with Gasteiger partial charge in [0.1, 0.15) is 5.82 Å². The van der Waals surface area contributed by atoms with Crippen LogP contribution in [-0.4, -0.2) is 5.91 Å². The number of hydrogen-bond acceptors (Lipinski definition) is 2. The first-order chi connectivity index (χ1) is 9.38. The fourth-order valence-corrected chi connectivity index (χ4v) is 2.04. The highest BCUT2D eigenvalue weighted by molar-refractivity contribution is 9.10. The van der Waals surface area contributed by atoms with Gasteiger partial charge < -0.3 is 11.1 Å². The molecule has 104 valence electrons. The standard InChI is InChI=1S/C13H8BrClF2N2O/c14-9-5-7(1-2-10(9)15)19-13(20)8-3-6(16)4-11(18)12(8)17/h1-5H,18H2,(H,19,20). The van der Waals surface area contributed by atoms with Gasteiger partial charge in [-0.15, -0.1) is 0 Å². The van der Waals surface area contributed by atoms with Crippen LogP contribution in [0, 0.1) is 11.6 Å². The molecular formula is C13H8BrClF2N2O. The van der Waals surface area contributed by atoms with Crippen LogP contribution in [0.2, 0.25) is 5.02 Å². The van der Waals surface area contributed by atoms with Crippen LogP contribution >= 0.6 is 27.5 Å². The lowest BCUT2D eigenvalue weighted by molar-refractivity contribution is 0.102. The van der Waals surface area contributed by atoms with Crippen molar-refractivity contribution in [3.8, 4) is 0 Å². The largest absolute Gasteiger partial charge is 0.396 e. The van der Waals surface area contributed by atoms with Gasteiger partial charge in [-0.2, -0.15) is 0 Å². The van der Waals surface area contributed by atoms with Crippen LogP contribution in [0.15, 0.2) is 34.8 Å². The molecule has 0 unspecified atom stereocenters. The fourth-order valence-electron chi connectivity index (χ4n) is 1.55. The Morgan fingerprint density at radius 3 is 2.60 bits per heavy atom. The van der Waals surface area contributed by atoms with Crippen molar-refractivity contribution in [3.63, 3.8) is 0 Å². The van der Waals surface area contributed by atoms with E-state index in [1.165, 1.54) is 6.07 Å². The topological polar surface area (TPSA) is 55.1 Å². The second-order valence-electron chi connectivity index (χ2n) is 3.94. The van der Waals surface area contributed by atoms with Crippen molar-refractivity contribution in [2.45, 2.75) is 0 Å². The molecule has 0 aliphatic carbocycles. The number of anilines is 2. The minimum atomic E-state index is -0.961. The minimum Gasteiger partial charge on any atom is -0.396 e. The van der Waals surface area contributed by atoms with Gasteiger partial charge in [0, 0.05) is 10.2 Å². The van der Waals surface area contributed by atoms with Crippen LogP contribution < -0.4 is 11.1 Å². The number of hydrogen-bond donors (Lipinski definition) is 2. The van der Waals surface area contributed by atoms with Gasteiger partial charge in [0.25, 0.3) is 5.91 Å². The zero-order valence-corrected chi connectivity index (χ0v) is 12.2. The van der Waals surface area contributed by atoms with Crippen LogP contribution in [0.25, 0.3) is 0 Å². The maximum Gasteiger partial charge on any atom is 0.258 e. The molecule has 2 aromatic carbocycles. The summed E-state index contributed by atoms with van der Waals surface area (Å²) in [7, 11) is 0. The normalized spacial score (nSPS) is 10.4. The van der Waals surface area contributed by atoms with E-state index >= 15 is 0 Å². The first-order valence-corrected chi connectivity index (χ1v) is 6.56. The van der Waals surface area contributed by atoms with Gasteiger partial charge in [-0.05, 0) is 46.3 Å². The van der Waals surface area contributed by atoms with Crippen LogP contribution in [0.4, 0.5) is 20.2 Å². The van der Waals surface area contributed by atoms with Gasteiger partial charge in [-0.1, -0.05) is 11.6 Å². The van der Waals surface area contributed by atoms with E-state index in [0.717, 1.165) is 12.1 Å². The molecule has 0 saturated heterocycles. The summed E-state index contributed by atoms with van der Waals surface area (Å²) in [5, 5.41) is 2.89. The average molecular weight is 362 g/mol. The SMILES string of the molecule is Nc1cc(F)cc(C(=O)Nc2ccc(Cl)c(Br)c2)c1F. The molecule has 0 aliphatic rings. The van der Waals surface area contributed by atoms with E-state index in [0.29, 0.717) is 15.2 Å². The average Bonchev–Trinajstić information content (AvgIpc) is 2.38. The van der Waals surface area contributed by atoms with Crippen LogP contribution in [-0.2, 0) is 0 Å². The molecule has 3 N–H and O–H groups in total. The molecule has 0 fully saturated rings. The molecule has 0 spiro atoms. The zero-order chi connectivity index (χ0) is 14.9. The quantitative estimate of drug-likeness (QED) is 0.787. The fraction of sp³-hybridized carbons (Fsp3) is 0. The van der Waals surface area contributed by atoms with E-state index in [1.807, 2.05) is 0 Å². The van der Waals surface area contributed by atoms with Crippen molar-refractivity contribution in [3.05, 3.63) is 57.0 Å². The van der Waals surface area contributed by atoms with Crippen molar-refractivity contribution >= 4 is 44.8 Å². The number of nitrogen functional groups attached to an aromatic ring is 1. The number of nitrogens with two attached hydrogens (primary N) is 1. The zero-order valence-electron chi connectivity index (χ0n) is 9.88. The Hall–Kier alpha value is -1.66. The van der Waals surface area contributed by atoms with E-state index in [1.54, 1.807) is 12.1 Å². The Labute approximate surface area is 126 Å². The lowest BCUT2D eigenvalue weighted by atomic mass is 10.1. The summed E-state index contributed by atoms with van der Waals surface area (Å²) in [5.74, 6) is -2.55. The third kappa shape index (κ3) is 3.08. The highest BCUT2D eigenvalue weighted by Crippen LogP contribution is 2.26. The molecule has 3 nitrogen and oxygen atoms in total. The predicted molar refractivity (Wildman–Crippen MR) is 77.9 cm³/mol. The molecule has 0 bridgehead atoms. The minimum absolute atomic E-state index is 0.383. The van der Waals surface area contributed by atoms with Crippen molar-refractivity contribution in [2.75, 3.05) is 11.1 Å². The van der Waals surface area contributed by atoms with E-state index in [2.05, 4.69) is 21.2 Å². The molecule has 0 aromatic heterocycles. The second kappa shape index (κ2) is 5.76. The Balaban J connectivity index is 2.30. The number of amides is 1. The lowest BCUT2D eigenvalue weighted by Gasteiger charge is -2.08. The molecule has 7 heteroatoms. The first-order valence-electron chi connectivity index (χ1n) is 5.39. The third-order valence-corrected chi connectivity index (χ3v) is 3.70. The smallest absolute Gasteiger partial charge is 0.258 e. The molecule has 0 radical (unpaired) electrons. The van der Waals surface area contributed by atoms with Crippen molar-refractivity contribution < 1.29 is 13.6 Å². The molecule has 0 saturated carbocycles. The Kier molecular flexibility index (Phi) is 4.25. The monoisotopic (exact) mass is 360 g/mol. The summed E-state index contributed by atoms with van der Waals surface area (Å²) in [6.07, 6.45) is 0. The Bertz CT molecular complexity index is 694. The summed E-state index contributed by atoms with van der Waals surface area (Å²) in [5.41, 5.74) is 4.77. The highest BCUT2D eigenvalue weighted by Gasteiger charge is 2.16. The van der Waals surface area contributed by atoms with Crippen molar-refractivity contribution in [2.24, 2.45) is 0 Å². The number of rotatable bonds is 2. The number of halogens is 4. The van der Waals surface area contributed by atoms with Gasteiger partial charge in [0.15, 0.2) is 5.82 Å². The van der Waals surface area contributed by atoms with Gasteiger partial charge in [-0.25, -0.2) is 8.78 Å². The summed E-state index contributed by atoms with van der Waals surface area (Å²) < 4.78 is 27.4. The molecule has 0 heterocycles. The number of benzene rings is 2. The summed E-state index contributed by atoms with van der Waals surface area (Å²) in [6.45, 7) is 0. The van der Waals surface area contributed by atoms with Crippen LogP contribution in [0.3, 0.4) is 0 Å². The van der Waals surface area contributed by atoms with Crippen LogP contribution in [0.5, 0.6) is 0 Å². The molecule has 2 rings (SSSR count). The van der Waals surface area contributed by atoms with E-state index < -0.39 is 28.8 Å². The first kappa shape index (κ1) is 14.7. The number of carbonyl (C=O) groups is 1. The maximum atomic E-state index is 13.7. The molecule has 20 heavy (non-hydrogen) atoms.